The quantitative estimate of drug-likeness (QED) is 0.615. The molecular weight excluding hydrogens is 330 g/mol. The van der Waals surface area contributed by atoms with E-state index in [1.165, 1.54) is 0 Å². The normalized spacial score (nSPS) is 16.4. The molecule has 1 heterocycles. The van der Waals surface area contributed by atoms with Gasteiger partial charge in [0.1, 0.15) is 17.2 Å². The van der Waals surface area contributed by atoms with Crippen molar-refractivity contribution in [3.8, 4) is 17.2 Å². The molecular formula is C20H25N3O3. The summed E-state index contributed by atoms with van der Waals surface area (Å²) in [6.07, 6.45) is 1.57. The van der Waals surface area contributed by atoms with E-state index in [4.69, 9.17) is 19.9 Å². The number of fused-ring (bicyclic) bond motifs is 1. The van der Waals surface area contributed by atoms with Crippen molar-refractivity contribution in [1.29, 1.82) is 0 Å². The molecule has 2 aromatic carbocycles. The summed E-state index contributed by atoms with van der Waals surface area (Å²) in [6.45, 7) is 1.23. The molecule has 2 aromatic rings. The Morgan fingerprint density at radius 3 is 2.88 bits per heavy atom. The van der Waals surface area contributed by atoms with Crippen LogP contribution in [0, 0.1) is 0 Å². The zero-order valence-electron chi connectivity index (χ0n) is 15.2. The molecule has 0 radical (unpaired) electrons. The molecule has 0 aliphatic carbocycles. The number of hydrogen-bond donors (Lipinski definition) is 2. The highest BCUT2D eigenvalue weighted by atomic mass is 16.5. The molecule has 1 atom stereocenters. The van der Waals surface area contributed by atoms with E-state index in [1.807, 2.05) is 36.4 Å². The van der Waals surface area contributed by atoms with Crippen LogP contribution in [-0.4, -0.2) is 33.3 Å². The van der Waals surface area contributed by atoms with Crippen LogP contribution in [-0.2, 0) is 6.42 Å². The monoisotopic (exact) mass is 355 g/mol. The van der Waals surface area contributed by atoms with Gasteiger partial charge in [-0.15, -0.1) is 0 Å². The molecule has 0 bridgehead atoms. The van der Waals surface area contributed by atoms with E-state index >= 15 is 0 Å². The SMILES string of the molecule is COc1ccc(OC)c(CCN=C(N)NC2CCOc3ccccc32)c1. The van der Waals surface area contributed by atoms with Crippen molar-refractivity contribution in [1.82, 2.24) is 5.32 Å². The maximum Gasteiger partial charge on any atom is 0.189 e. The smallest absolute Gasteiger partial charge is 0.189 e. The number of nitrogens with two attached hydrogens (primary N) is 1. The van der Waals surface area contributed by atoms with Gasteiger partial charge in [-0.1, -0.05) is 18.2 Å². The Morgan fingerprint density at radius 1 is 1.23 bits per heavy atom. The van der Waals surface area contributed by atoms with E-state index in [9.17, 15) is 0 Å². The summed E-state index contributed by atoms with van der Waals surface area (Å²) in [7, 11) is 3.31. The molecule has 6 heteroatoms. The van der Waals surface area contributed by atoms with Crippen LogP contribution < -0.4 is 25.3 Å². The molecule has 0 spiro atoms. The van der Waals surface area contributed by atoms with Gasteiger partial charge in [0.2, 0.25) is 0 Å². The number of nitrogens with one attached hydrogen (secondary N) is 1. The first-order valence-corrected chi connectivity index (χ1v) is 8.70. The molecule has 0 amide bonds. The van der Waals surface area contributed by atoms with Crippen LogP contribution in [0.3, 0.4) is 0 Å². The fraction of sp³-hybridized carbons (Fsp3) is 0.350. The van der Waals surface area contributed by atoms with Crippen molar-refractivity contribution in [2.45, 2.75) is 18.9 Å². The second-order valence-electron chi connectivity index (χ2n) is 6.07. The largest absolute Gasteiger partial charge is 0.497 e. The Hall–Kier alpha value is -2.89. The second kappa shape index (κ2) is 8.47. The van der Waals surface area contributed by atoms with Gasteiger partial charge in [0.25, 0.3) is 0 Å². The van der Waals surface area contributed by atoms with Crippen molar-refractivity contribution in [2.75, 3.05) is 27.4 Å². The zero-order chi connectivity index (χ0) is 18.4. The fourth-order valence-corrected chi connectivity index (χ4v) is 3.09. The number of methoxy groups -OCH3 is 2. The summed E-state index contributed by atoms with van der Waals surface area (Å²) >= 11 is 0. The number of nitrogens with zero attached hydrogens (tertiary/aromatic N) is 1. The minimum absolute atomic E-state index is 0.120. The van der Waals surface area contributed by atoms with Crippen LogP contribution in [0.1, 0.15) is 23.6 Å². The molecule has 1 unspecified atom stereocenters. The summed E-state index contributed by atoms with van der Waals surface area (Å²) in [5.41, 5.74) is 8.25. The Kier molecular flexibility index (Phi) is 5.84. The molecule has 3 rings (SSSR count). The highest BCUT2D eigenvalue weighted by molar-refractivity contribution is 5.78. The average molecular weight is 355 g/mol. The third-order valence-electron chi connectivity index (χ3n) is 4.43. The first-order valence-electron chi connectivity index (χ1n) is 8.70. The van der Waals surface area contributed by atoms with Gasteiger partial charge in [-0.25, -0.2) is 0 Å². The Bertz CT molecular complexity index is 777. The lowest BCUT2D eigenvalue weighted by Crippen LogP contribution is -2.37. The lowest BCUT2D eigenvalue weighted by molar-refractivity contribution is 0.262. The van der Waals surface area contributed by atoms with E-state index in [0.717, 1.165) is 34.8 Å². The standard InChI is InChI=1S/C20H25N3O3/c1-24-15-7-8-18(25-2)14(13-15)9-11-22-20(21)23-17-10-12-26-19-6-4-3-5-16(17)19/h3-8,13,17H,9-12H2,1-2H3,(H3,21,22,23). The van der Waals surface area contributed by atoms with E-state index < -0.39 is 0 Å². The lowest BCUT2D eigenvalue weighted by Gasteiger charge is -2.26. The van der Waals surface area contributed by atoms with Crippen molar-refractivity contribution in [3.63, 3.8) is 0 Å². The zero-order valence-corrected chi connectivity index (χ0v) is 15.2. The third-order valence-corrected chi connectivity index (χ3v) is 4.43. The molecule has 3 N–H and O–H groups in total. The highest BCUT2D eigenvalue weighted by Crippen LogP contribution is 2.31. The van der Waals surface area contributed by atoms with E-state index in [2.05, 4.69) is 16.4 Å². The van der Waals surface area contributed by atoms with Crippen LogP contribution in [0.5, 0.6) is 17.2 Å². The Morgan fingerprint density at radius 2 is 2.08 bits per heavy atom. The summed E-state index contributed by atoms with van der Waals surface area (Å²) in [5, 5.41) is 3.30. The molecule has 0 fully saturated rings. The fourth-order valence-electron chi connectivity index (χ4n) is 3.09. The van der Waals surface area contributed by atoms with E-state index in [1.54, 1.807) is 14.2 Å². The molecule has 0 aromatic heterocycles. The van der Waals surface area contributed by atoms with E-state index in [0.29, 0.717) is 25.5 Å². The number of aliphatic imine (C=N–C) groups is 1. The Labute approximate surface area is 154 Å². The third kappa shape index (κ3) is 4.20. The molecule has 26 heavy (non-hydrogen) atoms. The first-order chi connectivity index (χ1) is 12.7. The summed E-state index contributed by atoms with van der Waals surface area (Å²) in [6, 6.07) is 13.9. The molecule has 0 saturated carbocycles. The van der Waals surface area contributed by atoms with Crippen molar-refractivity contribution in [2.24, 2.45) is 10.7 Å². The van der Waals surface area contributed by atoms with Gasteiger partial charge in [0, 0.05) is 18.5 Å². The molecule has 6 nitrogen and oxygen atoms in total. The number of ether oxygens (including phenoxy) is 3. The number of para-hydroxylation sites is 1. The van der Waals surface area contributed by atoms with Crippen LogP contribution in [0.25, 0.3) is 0 Å². The van der Waals surface area contributed by atoms with Crippen molar-refractivity contribution >= 4 is 5.96 Å². The predicted molar refractivity (Wildman–Crippen MR) is 102 cm³/mol. The number of rotatable bonds is 6. The number of hydrogen-bond acceptors (Lipinski definition) is 4. The van der Waals surface area contributed by atoms with Crippen LogP contribution in [0.4, 0.5) is 0 Å². The van der Waals surface area contributed by atoms with Gasteiger partial charge in [0.15, 0.2) is 5.96 Å². The van der Waals surface area contributed by atoms with Gasteiger partial charge in [-0.3, -0.25) is 4.99 Å². The van der Waals surface area contributed by atoms with Crippen LogP contribution in [0.15, 0.2) is 47.5 Å². The predicted octanol–water partition coefficient (Wildman–Crippen LogP) is 2.67. The first kappa shape index (κ1) is 17.9. The van der Waals surface area contributed by atoms with Gasteiger partial charge in [0.05, 0.1) is 26.9 Å². The number of guanidine groups is 1. The Balaban J connectivity index is 1.62. The average Bonchev–Trinajstić information content (AvgIpc) is 2.68. The van der Waals surface area contributed by atoms with Gasteiger partial charge in [-0.05, 0) is 36.2 Å². The molecule has 1 aliphatic rings. The van der Waals surface area contributed by atoms with Gasteiger partial charge >= 0.3 is 0 Å². The van der Waals surface area contributed by atoms with Crippen LogP contribution >= 0.6 is 0 Å². The van der Waals surface area contributed by atoms with Crippen molar-refractivity contribution < 1.29 is 14.2 Å². The maximum absolute atomic E-state index is 6.09. The second-order valence-corrected chi connectivity index (χ2v) is 6.07. The minimum Gasteiger partial charge on any atom is -0.497 e. The highest BCUT2D eigenvalue weighted by Gasteiger charge is 2.21. The summed E-state index contributed by atoms with van der Waals surface area (Å²) in [4.78, 5) is 4.46. The maximum atomic E-state index is 6.09. The molecule has 0 saturated heterocycles. The van der Waals surface area contributed by atoms with Crippen molar-refractivity contribution in [3.05, 3.63) is 53.6 Å². The topological polar surface area (TPSA) is 78.1 Å². The van der Waals surface area contributed by atoms with E-state index in [-0.39, 0.29) is 6.04 Å². The number of benzene rings is 2. The van der Waals surface area contributed by atoms with Gasteiger partial charge < -0.3 is 25.3 Å². The molecule has 1 aliphatic heterocycles. The van der Waals surface area contributed by atoms with Gasteiger partial charge in [-0.2, -0.15) is 0 Å². The minimum atomic E-state index is 0.120. The van der Waals surface area contributed by atoms with Crippen LogP contribution in [0.2, 0.25) is 0 Å². The molecule has 138 valence electrons. The lowest BCUT2D eigenvalue weighted by atomic mass is 10.0. The summed E-state index contributed by atoms with van der Waals surface area (Å²) in [5.74, 6) is 2.97. The summed E-state index contributed by atoms with van der Waals surface area (Å²) < 4.78 is 16.3.